The third kappa shape index (κ3) is 4.65. The highest BCUT2D eigenvalue weighted by Crippen LogP contribution is 2.29. The van der Waals surface area contributed by atoms with E-state index in [1.54, 1.807) is 19.1 Å². The molecule has 0 N–H and O–H groups in total. The molecular weight excluding hydrogens is 362 g/mol. The molecule has 0 spiro atoms. The molecule has 2 aromatic rings. The molecule has 27 heavy (non-hydrogen) atoms. The van der Waals surface area contributed by atoms with Gasteiger partial charge in [0.05, 0.1) is 30.0 Å². The number of ketones is 1. The maximum absolute atomic E-state index is 12.6. The molecule has 1 saturated heterocycles. The lowest BCUT2D eigenvalue weighted by atomic mass is 10.0. The van der Waals surface area contributed by atoms with Gasteiger partial charge in [-0.15, -0.1) is 0 Å². The fourth-order valence-electron chi connectivity index (χ4n) is 2.70. The van der Waals surface area contributed by atoms with E-state index in [4.69, 9.17) is 4.74 Å². The lowest BCUT2D eigenvalue weighted by Gasteiger charge is -2.16. The maximum atomic E-state index is 12.6. The van der Waals surface area contributed by atoms with Crippen LogP contribution in [-0.2, 0) is 14.3 Å². The van der Waals surface area contributed by atoms with Crippen LogP contribution >= 0.6 is 11.8 Å². The van der Waals surface area contributed by atoms with Crippen LogP contribution in [0, 0.1) is 0 Å². The van der Waals surface area contributed by atoms with E-state index in [0.29, 0.717) is 10.6 Å². The first-order chi connectivity index (χ1) is 13.1. The number of rotatable bonds is 6. The second-order valence-corrected chi connectivity index (χ2v) is 6.87. The van der Waals surface area contributed by atoms with E-state index >= 15 is 0 Å². The van der Waals surface area contributed by atoms with Crippen LogP contribution in [0.3, 0.4) is 0 Å². The molecule has 1 fully saturated rings. The normalized spacial score (nSPS) is 15.2. The summed E-state index contributed by atoms with van der Waals surface area (Å²) in [5.74, 6) is -0.671. The molecule has 2 aromatic carbocycles. The molecule has 0 aromatic heterocycles. The molecule has 0 bridgehead atoms. The van der Waals surface area contributed by atoms with E-state index < -0.39 is 5.97 Å². The summed E-state index contributed by atoms with van der Waals surface area (Å²) in [5.41, 5.74) is 2.61. The van der Waals surface area contributed by atoms with Crippen molar-refractivity contribution in [1.29, 1.82) is 0 Å². The second-order valence-electron chi connectivity index (χ2n) is 5.87. The molecule has 0 unspecified atom stereocenters. The average molecular weight is 381 g/mol. The van der Waals surface area contributed by atoms with Gasteiger partial charge in [0.1, 0.15) is 0 Å². The van der Waals surface area contributed by atoms with Crippen molar-refractivity contribution in [2.24, 2.45) is 0 Å². The van der Waals surface area contributed by atoms with Gasteiger partial charge in [-0.1, -0.05) is 66.4 Å². The third-order valence-corrected chi connectivity index (χ3v) is 5.08. The predicted octanol–water partition coefficient (Wildman–Crippen LogP) is 3.52. The van der Waals surface area contributed by atoms with Crippen molar-refractivity contribution >= 4 is 29.4 Å². The van der Waals surface area contributed by atoms with E-state index in [2.05, 4.69) is 0 Å². The second kappa shape index (κ2) is 8.68. The number of ether oxygens (including phenoxy) is 1. The number of carbonyl (C=O) groups excluding carboxylic acids is 3. The van der Waals surface area contributed by atoms with Crippen LogP contribution in [0.25, 0.3) is 11.1 Å². The van der Waals surface area contributed by atoms with E-state index in [0.717, 1.165) is 11.1 Å². The van der Waals surface area contributed by atoms with Gasteiger partial charge in [-0.25, -0.2) is 4.79 Å². The van der Waals surface area contributed by atoms with Crippen molar-refractivity contribution in [3.63, 3.8) is 0 Å². The van der Waals surface area contributed by atoms with Crippen LogP contribution in [0.5, 0.6) is 0 Å². The molecule has 0 saturated carbocycles. The molecule has 1 aliphatic rings. The number of esters is 1. The number of carbonyl (C=O) groups is 3. The molecule has 1 aliphatic heterocycles. The lowest BCUT2D eigenvalue weighted by molar-refractivity contribution is -0.137. The molecule has 3 rings (SSSR count). The largest absolute Gasteiger partial charge is 0.463 e. The molecule has 0 aliphatic carbocycles. The Morgan fingerprint density at radius 1 is 1.07 bits per heavy atom. The minimum absolute atomic E-state index is 0.0955. The third-order valence-electron chi connectivity index (χ3n) is 4.05. The Morgan fingerprint density at radius 3 is 2.41 bits per heavy atom. The van der Waals surface area contributed by atoms with Crippen molar-refractivity contribution in [2.45, 2.75) is 6.92 Å². The molecule has 138 valence electrons. The number of amides is 1. The summed E-state index contributed by atoms with van der Waals surface area (Å²) in [4.78, 5) is 37.7. The first-order valence-corrected chi connectivity index (χ1v) is 9.57. The molecule has 0 atom stereocenters. The SMILES string of the molecule is CCOC(=O)C=C1SCC(=O)N1CC(=O)c1ccc(-c2ccccc2)cc1. The first kappa shape index (κ1) is 18.9. The summed E-state index contributed by atoms with van der Waals surface area (Å²) in [6.07, 6.45) is 1.27. The summed E-state index contributed by atoms with van der Waals surface area (Å²) in [7, 11) is 0. The Balaban J connectivity index is 1.72. The van der Waals surface area contributed by atoms with Gasteiger partial charge in [-0.05, 0) is 18.1 Å². The standard InChI is InChI=1S/C21H19NO4S/c1-2-26-21(25)12-20-22(19(24)14-27-20)13-18(23)17-10-8-16(9-11-17)15-6-4-3-5-7-15/h3-12H,2,13-14H2,1H3. The van der Waals surface area contributed by atoms with E-state index in [1.807, 2.05) is 42.5 Å². The predicted molar refractivity (Wildman–Crippen MR) is 105 cm³/mol. The molecule has 6 heteroatoms. The van der Waals surface area contributed by atoms with Crippen LogP contribution in [0.1, 0.15) is 17.3 Å². The monoisotopic (exact) mass is 381 g/mol. The van der Waals surface area contributed by atoms with Crippen molar-refractivity contribution in [3.8, 4) is 11.1 Å². The van der Waals surface area contributed by atoms with Gasteiger partial charge in [-0.2, -0.15) is 0 Å². The van der Waals surface area contributed by atoms with Crippen LogP contribution in [0.4, 0.5) is 0 Å². The highest BCUT2D eigenvalue weighted by atomic mass is 32.2. The Labute approximate surface area is 162 Å². The number of hydrogen-bond donors (Lipinski definition) is 0. The fourth-order valence-corrected chi connectivity index (χ4v) is 3.63. The Hall–Kier alpha value is -2.86. The van der Waals surface area contributed by atoms with Crippen LogP contribution < -0.4 is 0 Å². The molecule has 1 heterocycles. The van der Waals surface area contributed by atoms with E-state index in [9.17, 15) is 14.4 Å². The van der Waals surface area contributed by atoms with Crippen LogP contribution in [0.15, 0.2) is 65.7 Å². The molecular formula is C21H19NO4S. The van der Waals surface area contributed by atoms with Gasteiger partial charge in [0, 0.05) is 5.56 Å². The minimum Gasteiger partial charge on any atom is -0.463 e. The summed E-state index contributed by atoms with van der Waals surface area (Å²) >= 11 is 1.23. The van der Waals surface area contributed by atoms with Crippen molar-refractivity contribution in [1.82, 2.24) is 4.90 Å². The molecule has 0 radical (unpaired) electrons. The number of Topliss-reactive ketones (excluding diaryl/α,β-unsaturated/α-hetero) is 1. The average Bonchev–Trinajstić information content (AvgIpc) is 3.02. The number of nitrogens with zero attached hydrogens (tertiary/aromatic N) is 1. The summed E-state index contributed by atoms with van der Waals surface area (Å²) < 4.78 is 4.88. The zero-order valence-electron chi connectivity index (χ0n) is 14.9. The first-order valence-electron chi connectivity index (χ1n) is 8.59. The number of hydrogen-bond acceptors (Lipinski definition) is 5. The van der Waals surface area contributed by atoms with E-state index in [-0.39, 0.29) is 30.6 Å². The van der Waals surface area contributed by atoms with Crippen molar-refractivity contribution in [2.75, 3.05) is 18.9 Å². The fraction of sp³-hybridized carbons (Fsp3) is 0.190. The Bertz CT molecular complexity index is 875. The Morgan fingerprint density at radius 2 is 1.74 bits per heavy atom. The lowest BCUT2D eigenvalue weighted by Crippen LogP contribution is -2.31. The van der Waals surface area contributed by atoms with Crippen molar-refractivity contribution < 1.29 is 19.1 Å². The van der Waals surface area contributed by atoms with Gasteiger partial charge in [0.15, 0.2) is 5.78 Å². The smallest absolute Gasteiger partial charge is 0.333 e. The topological polar surface area (TPSA) is 63.7 Å². The minimum atomic E-state index is -0.514. The van der Waals surface area contributed by atoms with Crippen molar-refractivity contribution in [3.05, 3.63) is 71.3 Å². The highest BCUT2D eigenvalue weighted by molar-refractivity contribution is 8.04. The van der Waals surface area contributed by atoms with Gasteiger partial charge in [0.25, 0.3) is 0 Å². The van der Waals surface area contributed by atoms with E-state index in [1.165, 1.54) is 22.7 Å². The zero-order valence-corrected chi connectivity index (χ0v) is 15.7. The zero-order chi connectivity index (χ0) is 19.2. The summed E-state index contributed by atoms with van der Waals surface area (Å²) in [5, 5.41) is 0.452. The van der Waals surface area contributed by atoms with Gasteiger partial charge in [-0.3, -0.25) is 14.5 Å². The molecule has 1 amide bonds. The summed E-state index contributed by atoms with van der Waals surface area (Å²) in [6.45, 7) is 1.87. The van der Waals surface area contributed by atoms with Gasteiger partial charge in [0.2, 0.25) is 5.91 Å². The highest BCUT2D eigenvalue weighted by Gasteiger charge is 2.29. The Kier molecular flexibility index (Phi) is 6.08. The van der Waals surface area contributed by atoms with Gasteiger partial charge >= 0.3 is 5.97 Å². The summed E-state index contributed by atoms with van der Waals surface area (Å²) in [6, 6.07) is 17.2. The van der Waals surface area contributed by atoms with Gasteiger partial charge < -0.3 is 4.74 Å². The number of benzene rings is 2. The molecule has 5 nitrogen and oxygen atoms in total. The quantitative estimate of drug-likeness (QED) is 0.435. The maximum Gasteiger partial charge on any atom is 0.333 e. The van der Waals surface area contributed by atoms with Crippen LogP contribution in [0.2, 0.25) is 0 Å². The number of thioether (sulfide) groups is 1. The van der Waals surface area contributed by atoms with Crippen LogP contribution in [-0.4, -0.2) is 41.5 Å².